The Labute approximate surface area is 175 Å². The van der Waals surface area contributed by atoms with Crippen LogP contribution in [0.1, 0.15) is 18.9 Å². The molecule has 1 amide bonds. The molecule has 1 atom stereocenters. The summed E-state index contributed by atoms with van der Waals surface area (Å²) in [6.45, 7) is 2.82. The highest BCUT2D eigenvalue weighted by Gasteiger charge is 2.44. The molecule has 1 aromatic carbocycles. The van der Waals surface area contributed by atoms with E-state index in [0.29, 0.717) is 25.3 Å². The molecule has 3 aliphatic rings. The lowest BCUT2D eigenvalue weighted by Crippen LogP contribution is -2.50. The minimum Gasteiger partial charge on any atom is -0.482 e. The normalized spacial score (nSPS) is 22.8. The van der Waals surface area contributed by atoms with E-state index in [9.17, 15) is 9.59 Å². The van der Waals surface area contributed by atoms with Crippen molar-refractivity contribution in [1.82, 2.24) is 9.80 Å². The van der Waals surface area contributed by atoms with Crippen LogP contribution in [0.4, 0.5) is 0 Å². The molecule has 7 nitrogen and oxygen atoms in total. The van der Waals surface area contributed by atoms with Crippen LogP contribution in [0.3, 0.4) is 0 Å². The predicted molar refractivity (Wildman–Crippen MR) is 108 cm³/mol. The van der Waals surface area contributed by atoms with Crippen LogP contribution in [0.5, 0.6) is 0 Å². The fourth-order valence-electron chi connectivity index (χ4n) is 3.68. The lowest BCUT2D eigenvalue weighted by molar-refractivity contribution is -0.140. The van der Waals surface area contributed by atoms with Gasteiger partial charge in [0.15, 0.2) is 5.76 Å². The minimum absolute atomic E-state index is 0.0415. The number of ether oxygens (including phenoxy) is 3. The van der Waals surface area contributed by atoms with Crippen LogP contribution in [0.15, 0.2) is 71.1 Å². The van der Waals surface area contributed by atoms with Gasteiger partial charge in [0.05, 0.1) is 26.0 Å². The Morgan fingerprint density at radius 3 is 2.70 bits per heavy atom. The molecule has 0 aliphatic carbocycles. The molecule has 4 rings (SSSR count). The molecule has 0 bridgehead atoms. The maximum Gasteiger partial charge on any atom is 0.342 e. The van der Waals surface area contributed by atoms with Crippen molar-refractivity contribution in [1.29, 1.82) is 0 Å². The first-order chi connectivity index (χ1) is 14.4. The molecular weight excluding hydrogens is 384 g/mol. The molecule has 3 heterocycles. The lowest BCUT2D eigenvalue weighted by atomic mass is 9.94. The van der Waals surface area contributed by atoms with Crippen LogP contribution < -0.4 is 0 Å². The van der Waals surface area contributed by atoms with E-state index in [0.717, 1.165) is 11.3 Å². The van der Waals surface area contributed by atoms with Crippen LogP contribution in [0.2, 0.25) is 0 Å². The monoisotopic (exact) mass is 408 g/mol. The third kappa shape index (κ3) is 3.77. The van der Waals surface area contributed by atoms with E-state index in [2.05, 4.69) is 5.73 Å². The highest BCUT2D eigenvalue weighted by atomic mass is 16.5. The Kier molecular flexibility index (Phi) is 5.24. The third-order valence-corrected chi connectivity index (χ3v) is 5.42. The van der Waals surface area contributed by atoms with E-state index in [1.807, 2.05) is 55.4 Å². The lowest BCUT2D eigenvalue weighted by Gasteiger charge is -2.41. The second kappa shape index (κ2) is 7.86. The van der Waals surface area contributed by atoms with Gasteiger partial charge in [-0.05, 0) is 12.5 Å². The molecule has 0 radical (unpaired) electrons. The summed E-state index contributed by atoms with van der Waals surface area (Å²) in [7, 11) is 3.24. The predicted octanol–water partition coefficient (Wildman–Crippen LogP) is 2.48. The summed E-state index contributed by atoms with van der Waals surface area (Å²) in [5.74, 6) is -1.08. The van der Waals surface area contributed by atoms with Gasteiger partial charge < -0.3 is 19.1 Å². The average molecular weight is 408 g/mol. The Bertz CT molecular complexity index is 1000. The summed E-state index contributed by atoms with van der Waals surface area (Å²) in [6, 6.07) is 9.47. The maximum atomic E-state index is 13.5. The number of nitrogens with zero attached hydrogens (tertiary/aromatic N) is 2. The summed E-state index contributed by atoms with van der Waals surface area (Å²) >= 11 is 0. The first kappa shape index (κ1) is 20.0. The Hall–Kier alpha value is -3.28. The number of benzene rings is 1. The topological polar surface area (TPSA) is 68.1 Å². The second-order valence-corrected chi connectivity index (χ2v) is 7.59. The Morgan fingerprint density at radius 1 is 1.30 bits per heavy atom. The Balaban J connectivity index is 1.70. The van der Waals surface area contributed by atoms with Crippen LogP contribution >= 0.6 is 0 Å². The molecule has 1 aromatic rings. The number of hydrogen-bond acceptors (Lipinski definition) is 6. The molecule has 30 heavy (non-hydrogen) atoms. The summed E-state index contributed by atoms with van der Waals surface area (Å²) in [4.78, 5) is 29.5. The molecule has 7 heteroatoms. The fraction of sp³-hybridized carbons (Fsp3) is 0.348. The van der Waals surface area contributed by atoms with Gasteiger partial charge >= 0.3 is 5.97 Å². The number of amides is 1. The largest absolute Gasteiger partial charge is 0.482 e. The molecular formula is C23H24N2O5. The molecule has 0 saturated carbocycles. The summed E-state index contributed by atoms with van der Waals surface area (Å²) in [6.07, 6.45) is 4.09. The van der Waals surface area contributed by atoms with Gasteiger partial charge in [-0.2, -0.15) is 0 Å². The van der Waals surface area contributed by atoms with Gasteiger partial charge in [-0.15, -0.1) is 0 Å². The zero-order valence-corrected chi connectivity index (χ0v) is 17.3. The van der Waals surface area contributed by atoms with E-state index in [1.165, 1.54) is 13.2 Å². The summed E-state index contributed by atoms with van der Waals surface area (Å²) in [5, 5.41) is 0. The standard InChI is InChI=1S/C23H24N2O5/c1-23(13-17-14-24(17)2)19-10-9-18(22(27)28-3)20(21(26)25(19)11-12-30-23)29-15-16-7-5-4-6-8-16/h4-9,14H,11-13,15H2,1-3H3. The van der Waals surface area contributed by atoms with Crippen molar-refractivity contribution in [3.8, 4) is 0 Å². The van der Waals surface area contributed by atoms with Crippen LogP contribution in [0.25, 0.3) is 0 Å². The number of rotatable bonds is 6. The van der Waals surface area contributed by atoms with E-state index in [4.69, 9.17) is 14.2 Å². The van der Waals surface area contributed by atoms with Crippen molar-refractivity contribution in [2.45, 2.75) is 25.6 Å². The van der Waals surface area contributed by atoms with Gasteiger partial charge in [-0.1, -0.05) is 36.1 Å². The number of hydrogen-bond donors (Lipinski definition) is 0. The van der Waals surface area contributed by atoms with Gasteiger partial charge in [0.1, 0.15) is 17.8 Å². The molecule has 0 aromatic heterocycles. The highest BCUT2D eigenvalue weighted by molar-refractivity contribution is 6.04. The number of esters is 1. The zero-order chi connectivity index (χ0) is 21.3. The van der Waals surface area contributed by atoms with Gasteiger partial charge in [0.2, 0.25) is 0 Å². The maximum absolute atomic E-state index is 13.5. The molecule has 0 N–H and O–H groups in total. The van der Waals surface area contributed by atoms with Crippen molar-refractivity contribution >= 4 is 11.9 Å². The molecule has 156 valence electrons. The number of fused-ring (bicyclic) bond motifs is 1. The molecule has 0 spiro atoms. The zero-order valence-electron chi connectivity index (χ0n) is 17.3. The van der Waals surface area contributed by atoms with Crippen molar-refractivity contribution < 1.29 is 23.8 Å². The van der Waals surface area contributed by atoms with Crippen molar-refractivity contribution in [2.24, 2.45) is 0 Å². The van der Waals surface area contributed by atoms with Crippen LogP contribution in [0, 0.1) is 0 Å². The summed E-state index contributed by atoms with van der Waals surface area (Å²) in [5.41, 5.74) is 5.04. The van der Waals surface area contributed by atoms with Gasteiger partial charge in [0.25, 0.3) is 5.91 Å². The molecule has 3 aliphatic heterocycles. The number of methoxy groups -OCH3 is 1. The molecule has 1 saturated heterocycles. The van der Waals surface area contributed by atoms with Crippen LogP contribution in [-0.4, -0.2) is 54.6 Å². The van der Waals surface area contributed by atoms with E-state index in [1.54, 1.807) is 4.90 Å². The smallest absolute Gasteiger partial charge is 0.342 e. The SMILES string of the molecule is COC(=O)C1=C(OCc2ccccc2)C(=O)N2CCOC(C)(CC3=CN3C)C2=C=C1. The number of carbonyl (C=O) groups excluding carboxylic acids is 2. The van der Waals surface area contributed by atoms with E-state index < -0.39 is 17.5 Å². The van der Waals surface area contributed by atoms with E-state index >= 15 is 0 Å². The number of morpholine rings is 1. The van der Waals surface area contributed by atoms with Gasteiger partial charge in [0, 0.05) is 31.4 Å². The third-order valence-electron chi connectivity index (χ3n) is 5.42. The highest BCUT2D eigenvalue weighted by Crippen LogP contribution is 2.39. The Morgan fingerprint density at radius 2 is 2.03 bits per heavy atom. The second-order valence-electron chi connectivity index (χ2n) is 7.59. The fourth-order valence-corrected chi connectivity index (χ4v) is 3.68. The first-order valence-electron chi connectivity index (χ1n) is 9.79. The molecule has 1 unspecified atom stereocenters. The van der Waals surface area contributed by atoms with Gasteiger partial charge in [-0.3, -0.25) is 9.69 Å². The van der Waals surface area contributed by atoms with Crippen molar-refractivity contribution in [2.75, 3.05) is 27.3 Å². The van der Waals surface area contributed by atoms with E-state index in [-0.39, 0.29) is 17.9 Å². The van der Waals surface area contributed by atoms with Crippen molar-refractivity contribution in [3.63, 3.8) is 0 Å². The van der Waals surface area contributed by atoms with Gasteiger partial charge in [-0.25, -0.2) is 4.79 Å². The molecule has 1 fully saturated rings. The first-order valence-corrected chi connectivity index (χ1v) is 9.79. The minimum atomic E-state index is -0.739. The van der Waals surface area contributed by atoms with Crippen LogP contribution in [-0.2, 0) is 30.4 Å². The average Bonchev–Trinajstić information content (AvgIpc) is 3.46. The number of carbonyl (C=O) groups is 2. The van der Waals surface area contributed by atoms with Crippen molar-refractivity contribution in [3.05, 3.63) is 76.6 Å². The quantitative estimate of drug-likeness (QED) is 0.532. The summed E-state index contributed by atoms with van der Waals surface area (Å²) < 4.78 is 16.8.